The zero-order chi connectivity index (χ0) is 28.9. The van der Waals surface area contributed by atoms with Gasteiger partial charge in [-0.15, -0.1) is 34.9 Å². The van der Waals surface area contributed by atoms with E-state index < -0.39 is 8.07 Å². The van der Waals surface area contributed by atoms with Crippen LogP contribution in [0.2, 0.25) is 19.6 Å². The van der Waals surface area contributed by atoms with E-state index in [2.05, 4.69) is 106 Å². The number of pyridine rings is 1. The van der Waals surface area contributed by atoms with Gasteiger partial charge in [0.1, 0.15) is 0 Å². The molecule has 4 rings (SSSR count). The number of ketones is 1. The molecule has 1 radical (unpaired) electrons. The van der Waals surface area contributed by atoms with Crippen molar-refractivity contribution in [3.63, 3.8) is 0 Å². The molecule has 0 saturated carbocycles. The molecule has 0 atom stereocenters. The van der Waals surface area contributed by atoms with Crippen LogP contribution in [-0.4, -0.2) is 23.9 Å². The molecule has 3 nitrogen and oxygen atoms in total. The molecule has 0 amide bonds. The van der Waals surface area contributed by atoms with E-state index in [1.165, 1.54) is 33.3 Å². The summed E-state index contributed by atoms with van der Waals surface area (Å²) in [5.74, 6) is 0.161. The summed E-state index contributed by atoms with van der Waals surface area (Å²) in [4.78, 5) is 16.0. The molecule has 0 aliphatic carbocycles. The summed E-state index contributed by atoms with van der Waals surface area (Å²) in [5, 5.41) is 11.9. The molecule has 4 aromatic rings. The van der Waals surface area contributed by atoms with E-state index in [1.807, 2.05) is 27.7 Å². The SMILES string of the molecule is CC(C)C(=O)/C=C(\O)C(C)C.Cc1[c-]c(-c2cc(-c3ccccc3)c3cc([Si](C)(C)C)ccc3n2)cc(C)c1.[Ir]. The molecule has 0 fully saturated rings. The summed E-state index contributed by atoms with van der Waals surface area (Å²) >= 11 is 0. The van der Waals surface area contributed by atoms with Crippen LogP contribution in [0.15, 0.2) is 78.6 Å². The van der Waals surface area contributed by atoms with Gasteiger partial charge in [0.15, 0.2) is 5.78 Å². The normalized spacial score (nSPS) is 11.7. The second kappa shape index (κ2) is 14.2. The molecular weight excluding hydrogens is 687 g/mol. The van der Waals surface area contributed by atoms with Crippen molar-refractivity contribution < 1.29 is 30.0 Å². The Hall–Kier alpha value is -2.85. The molecule has 0 bridgehead atoms. The zero-order valence-electron chi connectivity index (χ0n) is 25.2. The Kier molecular flexibility index (Phi) is 11.8. The van der Waals surface area contributed by atoms with Crippen molar-refractivity contribution in [2.24, 2.45) is 11.8 Å². The first-order valence-electron chi connectivity index (χ1n) is 13.7. The number of carbonyl (C=O) groups excluding carboxylic acids is 1. The van der Waals surface area contributed by atoms with Crippen LogP contribution >= 0.6 is 0 Å². The number of aromatic nitrogens is 1. The Balaban J connectivity index is 0.000000400. The van der Waals surface area contributed by atoms with Crippen molar-refractivity contribution in [3.8, 4) is 22.4 Å². The minimum absolute atomic E-state index is 0. The van der Waals surface area contributed by atoms with Crippen LogP contribution < -0.4 is 5.19 Å². The average Bonchev–Trinajstić information content (AvgIpc) is 2.87. The number of aryl methyl sites for hydroxylation is 2. The van der Waals surface area contributed by atoms with Gasteiger partial charge in [0, 0.05) is 43.4 Å². The number of carbonyl (C=O) groups is 1. The Morgan fingerprint density at radius 1 is 0.900 bits per heavy atom. The van der Waals surface area contributed by atoms with Crippen molar-refractivity contribution in [3.05, 3.63) is 95.8 Å². The van der Waals surface area contributed by atoms with Crippen LogP contribution in [0.1, 0.15) is 38.8 Å². The van der Waals surface area contributed by atoms with Crippen LogP contribution in [0.3, 0.4) is 0 Å². The third-order valence-corrected chi connectivity index (χ3v) is 8.68. The average molecular weight is 729 g/mol. The molecule has 5 heteroatoms. The number of fused-ring (bicyclic) bond motifs is 1. The molecule has 1 N–H and O–H groups in total. The van der Waals surface area contributed by atoms with E-state index >= 15 is 0 Å². The fourth-order valence-corrected chi connectivity index (χ4v) is 5.36. The number of aliphatic hydroxyl groups is 1. The summed E-state index contributed by atoms with van der Waals surface area (Å²) in [6.07, 6.45) is 1.31. The van der Waals surface area contributed by atoms with Crippen molar-refractivity contribution in [1.29, 1.82) is 0 Å². The number of allylic oxidation sites excluding steroid dienone is 2. The Bertz CT molecular complexity index is 1460. The maximum absolute atomic E-state index is 11.0. The predicted octanol–water partition coefficient (Wildman–Crippen LogP) is 8.84. The maximum atomic E-state index is 11.0. The van der Waals surface area contributed by atoms with Crippen molar-refractivity contribution in [2.45, 2.75) is 61.2 Å². The second-order valence-electron chi connectivity index (χ2n) is 11.9. The number of hydrogen-bond acceptors (Lipinski definition) is 3. The van der Waals surface area contributed by atoms with Crippen LogP contribution in [0.5, 0.6) is 0 Å². The maximum Gasteiger partial charge on any atom is 0.161 e. The van der Waals surface area contributed by atoms with Gasteiger partial charge < -0.3 is 5.11 Å². The molecule has 0 aliphatic heterocycles. The number of hydrogen-bond donors (Lipinski definition) is 1. The third-order valence-electron chi connectivity index (χ3n) is 6.63. The van der Waals surface area contributed by atoms with E-state index in [0.717, 1.165) is 22.3 Å². The molecule has 40 heavy (non-hydrogen) atoms. The van der Waals surface area contributed by atoms with Gasteiger partial charge in [-0.3, -0.25) is 9.78 Å². The van der Waals surface area contributed by atoms with Gasteiger partial charge >= 0.3 is 0 Å². The van der Waals surface area contributed by atoms with Gasteiger partial charge in [-0.05, 0) is 22.9 Å². The van der Waals surface area contributed by atoms with Gasteiger partial charge in [-0.2, -0.15) is 0 Å². The first-order valence-corrected chi connectivity index (χ1v) is 17.2. The molecule has 0 saturated heterocycles. The quantitative estimate of drug-likeness (QED) is 0.0935. The smallest absolute Gasteiger partial charge is 0.161 e. The Labute approximate surface area is 255 Å². The summed E-state index contributed by atoms with van der Waals surface area (Å²) in [6.45, 7) is 18.7. The van der Waals surface area contributed by atoms with Crippen LogP contribution in [0.4, 0.5) is 0 Å². The second-order valence-corrected chi connectivity index (χ2v) is 17.0. The molecule has 213 valence electrons. The summed E-state index contributed by atoms with van der Waals surface area (Å²) in [5.41, 5.74) is 7.95. The third kappa shape index (κ3) is 8.82. The first-order chi connectivity index (χ1) is 18.3. The molecule has 0 aliphatic rings. The van der Waals surface area contributed by atoms with Gasteiger partial charge in [0.2, 0.25) is 0 Å². The fraction of sp³-hybridized carbons (Fsp3) is 0.314. The van der Waals surface area contributed by atoms with Crippen LogP contribution in [-0.2, 0) is 24.9 Å². The van der Waals surface area contributed by atoms with Gasteiger partial charge in [0.25, 0.3) is 0 Å². The van der Waals surface area contributed by atoms with Crippen LogP contribution in [0.25, 0.3) is 33.3 Å². The number of nitrogens with zero attached hydrogens (tertiary/aromatic N) is 1. The summed E-state index contributed by atoms with van der Waals surface area (Å²) in [7, 11) is -1.40. The number of rotatable bonds is 6. The number of aliphatic hydroxyl groups excluding tert-OH is 1. The summed E-state index contributed by atoms with van der Waals surface area (Å²) < 4.78 is 0. The largest absolute Gasteiger partial charge is 0.512 e. The van der Waals surface area contributed by atoms with Gasteiger partial charge in [-0.25, -0.2) is 0 Å². The van der Waals surface area contributed by atoms with E-state index in [-0.39, 0.29) is 43.5 Å². The fourth-order valence-electron chi connectivity index (χ4n) is 4.20. The van der Waals surface area contributed by atoms with Crippen molar-refractivity contribution >= 4 is 29.9 Å². The molecule has 0 spiro atoms. The molecule has 0 unspecified atom stereocenters. The van der Waals surface area contributed by atoms with E-state index in [1.54, 1.807) is 0 Å². The van der Waals surface area contributed by atoms with E-state index in [4.69, 9.17) is 4.98 Å². The minimum atomic E-state index is -1.40. The molecule has 1 heterocycles. The Morgan fingerprint density at radius 2 is 1.55 bits per heavy atom. The zero-order valence-corrected chi connectivity index (χ0v) is 28.6. The van der Waals surface area contributed by atoms with Crippen molar-refractivity contribution in [1.82, 2.24) is 4.98 Å². The first kappa shape index (κ1) is 33.4. The summed E-state index contributed by atoms with van der Waals surface area (Å²) in [6, 6.07) is 27.5. The van der Waals surface area contributed by atoms with E-state index in [9.17, 15) is 9.90 Å². The van der Waals surface area contributed by atoms with E-state index in [0.29, 0.717) is 0 Å². The van der Waals surface area contributed by atoms with Gasteiger partial charge in [0.05, 0.1) is 19.3 Å². The molecule has 3 aromatic carbocycles. The van der Waals surface area contributed by atoms with Gasteiger partial charge in [-0.1, -0.05) is 115 Å². The standard InChI is InChI=1S/C26H26NSi.C9H16O2.Ir/c1-18-13-19(2)15-21(14-18)26-17-23(20-9-7-6-8-10-20)24-16-22(28(3,4)5)11-12-25(24)27-26;1-6(2)8(10)5-9(11)7(3)4;/h6-14,16-17H,1-5H3;5-7,10H,1-4H3;/q-1;;/b;8-5-;. The number of benzene rings is 3. The molecular formula is C35H42IrNO2Si-. The minimum Gasteiger partial charge on any atom is -0.512 e. The van der Waals surface area contributed by atoms with Crippen molar-refractivity contribution in [2.75, 3.05) is 0 Å². The predicted molar refractivity (Wildman–Crippen MR) is 169 cm³/mol. The Morgan fingerprint density at radius 3 is 2.10 bits per heavy atom. The molecule has 1 aromatic heterocycles. The van der Waals surface area contributed by atoms with Crippen LogP contribution in [0, 0.1) is 31.7 Å². The topological polar surface area (TPSA) is 50.2 Å². The monoisotopic (exact) mass is 729 g/mol.